The predicted molar refractivity (Wildman–Crippen MR) is 58.1 cm³/mol. The van der Waals surface area contributed by atoms with E-state index in [9.17, 15) is 18.0 Å². The van der Waals surface area contributed by atoms with Gasteiger partial charge >= 0.3 is 12.3 Å². The summed E-state index contributed by atoms with van der Waals surface area (Å²) in [7, 11) is 0. The van der Waals surface area contributed by atoms with Crippen LogP contribution in [0.1, 0.15) is 5.56 Å². The fourth-order valence-corrected chi connectivity index (χ4v) is 1.76. The number of carbonyl (C=O) groups is 1. The van der Waals surface area contributed by atoms with Crippen molar-refractivity contribution in [1.29, 1.82) is 0 Å². The fraction of sp³-hybridized carbons (Fsp3) is 0.364. The summed E-state index contributed by atoms with van der Waals surface area (Å²) in [6.45, 7) is 0.336. The van der Waals surface area contributed by atoms with Crippen molar-refractivity contribution in [2.45, 2.75) is 12.2 Å². The summed E-state index contributed by atoms with van der Waals surface area (Å²) in [4.78, 5) is 12.7. The zero-order valence-corrected chi connectivity index (χ0v) is 9.28. The maximum absolute atomic E-state index is 12.4. The Balaban J connectivity index is 2.26. The Labute approximate surface area is 101 Å². The molecule has 1 aromatic carbocycles. The molecular formula is C11H11F3N2O2. The molecule has 18 heavy (non-hydrogen) atoms. The predicted octanol–water partition coefficient (Wildman–Crippen LogP) is 1.99. The van der Waals surface area contributed by atoms with E-state index in [1.807, 2.05) is 0 Å². The molecule has 1 aliphatic heterocycles. The van der Waals surface area contributed by atoms with Crippen LogP contribution < -0.4 is 10.6 Å². The highest BCUT2D eigenvalue weighted by molar-refractivity contribution is 5.90. The number of halogens is 3. The van der Waals surface area contributed by atoms with Gasteiger partial charge in [-0.3, -0.25) is 4.90 Å². The van der Waals surface area contributed by atoms with E-state index < -0.39 is 17.8 Å². The molecule has 1 heterocycles. The van der Waals surface area contributed by atoms with Crippen LogP contribution >= 0.6 is 0 Å². The van der Waals surface area contributed by atoms with E-state index in [0.717, 1.165) is 12.1 Å². The first-order valence-electron chi connectivity index (χ1n) is 5.27. The Morgan fingerprint density at radius 1 is 1.33 bits per heavy atom. The molecule has 0 spiro atoms. The topological polar surface area (TPSA) is 55.6 Å². The Bertz CT molecular complexity index is 445. The molecule has 1 saturated heterocycles. The highest BCUT2D eigenvalue weighted by atomic mass is 19.4. The van der Waals surface area contributed by atoms with Crippen molar-refractivity contribution in [2.75, 3.05) is 18.1 Å². The summed E-state index contributed by atoms with van der Waals surface area (Å²) < 4.78 is 42.0. The summed E-state index contributed by atoms with van der Waals surface area (Å²) >= 11 is 0. The number of amides is 1. The van der Waals surface area contributed by atoms with Gasteiger partial charge in [-0.2, -0.15) is 13.2 Å². The Hall–Kier alpha value is -1.76. The minimum absolute atomic E-state index is 0.149. The molecule has 1 amide bonds. The Morgan fingerprint density at radius 2 is 1.94 bits per heavy atom. The first-order chi connectivity index (χ1) is 8.43. The van der Waals surface area contributed by atoms with Crippen molar-refractivity contribution >= 4 is 11.8 Å². The minimum atomic E-state index is -4.39. The first kappa shape index (κ1) is 12.7. The van der Waals surface area contributed by atoms with Crippen LogP contribution in [0.4, 0.5) is 23.7 Å². The van der Waals surface area contributed by atoms with E-state index in [2.05, 4.69) is 0 Å². The molecule has 0 radical (unpaired) electrons. The number of alkyl halides is 3. The lowest BCUT2D eigenvalue weighted by atomic mass is 10.1. The molecule has 2 N–H and O–H groups in total. The largest absolute Gasteiger partial charge is 0.447 e. The number of nitrogens with two attached hydrogens (primary N) is 1. The summed E-state index contributed by atoms with van der Waals surface area (Å²) in [6, 6.07) is 3.98. The van der Waals surface area contributed by atoms with E-state index in [-0.39, 0.29) is 19.2 Å². The van der Waals surface area contributed by atoms with Crippen LogP contribution in [0.15, 0.2) is 24.3 Å². The molecule has 1 aliphatic rings. The van der Waals surface area contributed by atoms with Crippen molar-refractivity contribution in [3.05, 3.63) is 29.8 Å². The van der Waals surface area contributed by atoms with E-state index in [0.29, 0.717) is 5.69 Å². The molecule has 1 unspecified atom stereocenters. The number of anilines is 1. The number of cyclic esters (lactones) is 1. The molecule has 0 aliphatic carbocycles. The van der Waals surface area contributed by atoms with Crippen molar-refractivity contribution < 1.29 is 22.7 Å². The maximum atomic E-state index is 12.4. The molecule has 7 heteroatoms. The smallest absolute Gasteiger partial charge is 0.416 e. The SMILES string of the molecule is NCC1COC(=O)N1c1ccc(C(F)(F)F)cc1. The maximum Gasteiger partial charge on any atom is 0.416 e. The lowest BCUT2D eigenvalue weighted by Gasteiger charge is -2.20. The van der Waals surface area contributed by atoms with Crippen LogP contribution in [0.2, 0.25) is 0 Å². The Kier molecular flexibility index (Phi) is 3.16. The van der Waals surface area contributed by atoms with Crippen LogP contribution in [0.5, 0.6) is 0 Å². The molecule has 0 saturated carbocycles. The van der Waals surface area contributed by atoms with Gasteiger partial charge in [-0.1, -0.05) is 0 Å². The van der Waals surface area contributed by atoms with Crippen LogP contribution in [0.3, 0.4) is 0 Å². The summed E-state index contributed by atoms with van der Waals surface area (Å²) in [6.07, 6.45) is -4.98. The van der Waals surface area contributed by atoms with Crippen LogP contribution in [-0.2, 0) is 10.9 Å². The van der Waals surface area contributed by atoms with Gasteiger partial charge in [0.25, 0.3) is 0 Å². The highest BCUT2D eigenvalue weighted by Crippen LogP contribution is 2.31. The molecule has 1 atom stereocenters. The second-order valence-corrected chi connectivity index (χ2v) is 3.88. The molecule has 0 bridgehead atoms. The standard InChI is InChI=1S/C11H11F3N2O2/c12-11(13,14)7-1-3-8(4-2-7)16-9(5-15)6-18-10(16)17/h1-4,9H,5-6,15H2. The fourth-order valence-electron chi connectivity index (χ4n) is 1.76. The van der Waals surface area contributed by atoms with E-state index in [4.69, 9.17) is 10.5 Å². The average molecular weight is 260 g/mol. The number of benzene rings is 1. The summed E-state index contributed by atoms with van der Waals surface area (Å²) in [5.41, 5.74) is 5.06. The van der Waals surface area contributed by atoms with Gasteiger partial charge in [0.15, 0.2) is 0 Å². The van der Waals surface area contributed by atoms with E-state index in [1.54, 1.807) is 0 Å². The number of rotatable bonds is 2. The second-order valence-electron chi connectivity index (χ2n) is 3.88. The van der Waals surface area contributed by atoms with Gasteiger partial charge in [-0.15, -0.1) is 0 Å². The number of carbonyl (C=O) groups excluding carboxylic acids is 1. The van der Waals surface area contributed by atoms with Crippen LogP contribution in [0.25, 0.3) is 0 Å². The van der Waals surface area contributed by atoms with E-state index >= 15 is 0 Å². The molecule has 2 rings (SSSR count). The van der Waals surface area contributed by atoms with Gasteiger partial charge in [0.2, 0.25) is 0 Å². The molecule has 4 nitrogen and oxygen atoms in total. The molecule has 1 aromatic rings. The molecule has 1 fully saturated rings. The van der Waals surface area contributed by atoms with Gasteiger partial charge in [0, 0.05) is 12.2 Å². The summed E-state index contributed by atoms with van der Waals surface area (Å²) in [5.74, 6) is 0. The van der Waals surface area contributed by atoms with Gasteiger partial charge < -0.3 is 10.5 Å². The Morgan fingerprint density at radius 3 is 2.44 bits per heavy atom. The number of nitrogens with zero attached hydrogens (tertiary/aromatic N) is 1. The van der Waals surface area contributed by atoms with Gasteiger partial charge in [-0.25, -0.2) is 4.79 Å². The molecule has 0 aromatic heterocycles. The third-order valence-electron chi connectivity index (χ3n) is 2.71. The zero-order chi connectivity index (χ0) is 13.3. The minimum Gasteiger partial charge on any atom is -0.447 e. The lowest BCUT2D eigenvalue weighted by Crippen LogP contribution is -2.38. The number of hydrogen-bond donors (Lipinski definition) is 1. The normalized spacial score (nSPS) is 20.1. The molecule has 98 valence electrons. The van der Waals surface area contributed by atoms with Gasteiger partial charge in [0.1, 0.15) is 6.61 Å². The monoisotopic (exact) mass is 260 g/mol. The van der Waals surface area contributed by atoms with Crippen LogP contribution in [0, 0.1) is 0 Å². The molecular weight excluding hydrogens is 249 g/mol. The van der Waals surface area contributed by atoms with Crippen molar-refractivity contribution in [3.8, 4) is 0 Å². The van der Waals surface area contributed by atoms with Gasteiger partial charge in [-0.05, 0) is 24.3 Å². The number of ether oxygens (including phenoxy) is 1. The van der Waals surface area contributed by atoms with Gasteiger partial charge in [0.05, 0.1) is 11.6 Å². The number of hydrogen-bond acceptors (Lipinski definition) is 3. The summed E-state index contributed by atoms with van der Waals surface area (Å²) in [5, 5.41) is 0. The van der Waals surface area contributed by atoms with Crippen molar-refractivity contribution in [3.63, 3.8) is 0 Å². The first-order valence-corrected chi connectivity index (χ1v) is 5.27. The third-order valence-corrected chi connectivity index (χ3v) is 2.71. The zero-order valence-electron chi connectivity index (χ0n) is 9.28. The highest BCUT2D eigenvalue weighted by Gasteiger charge is 2.34. The second kappa shape index (κ2) is 4.49. The third kappa shape index (κ3) is 2.26. The van der Waals surface area contributed by atoms with E-state index in [1.165, 1.54) is 17.0 Å². The van der Waals surface area contributed by atoms with Crippen molar-refractivity contribution in [1.82, 2.24) is 0 Å². The van der Waals surface area contributed by atoms with Crippen molar-refractivity contribution in [2.24, 2.45) is 5.73 Å². The lowest BCUT2D eigenvalue weighted by molar-refractivity contribution is -0.137. The average Bonchev–Trinajstić information content (AvgIpc) is 2.69. The van der Waals surface area contributed by atoms with Crippen LogP contribution in [-0.4, -0.2) is 25.3 Å². The quantitative estimate of drug-likeness (QED) is 0.884.